The molecule has 4 rings (SSSR count). The fraction of sp³-hybridized carbons (Fsp3) is 0.600. The van der Waals surface area contributed by atoms with Crippen molar-refractivity contribution in [1.29, 1.82) is 0 Å². The Labute approximate surface area is 206 Å². The Morgan fingerprint density at radius 1 is 0.882 bits per heavy atom. The number of hydrogen-bond donors (Lipinski definition) is 8. The van der Waals surface area contributed by atoms with E-state index >= 15 is 0 Å². The molecule has 190 valence electrons. The Bertz CT molecular complexity index is 991. The second kappa shape index (κ2) is 10.5. The smallest absolute Gasteiger partial charge is 0.229 e. The van der Waals surface area contributed by atoms with E-state index in [2.05, 4.69) is 20.9 Å². The quantitative estimate of drug-likeness (QED) is 0.203. The van der Waals surface area contributed by atoms with Gasteiger partial charge in [-0.1, -0.05) is 11.6 Å². The van der Waals surface area contributed by atoms with E-state index in [0.717, 1.165) is 0 Å². The summed E-state index contributed by atoms with van der Waals surface area (Å²) >= 11 is 9.68. The first-order chi connectivity index (χ1) is 16.2. The van der Waals surface area contributed by atoms with Crippen LogP contribution in [0.2, 0.25) is 5.02 Å². The standard InChI is InChI=1S/C20H25BrClNO11/c21-6-1-2-7-11(12(6)22)8(3-23-7)31-19-17(30)15(28)18(10(5-25)33-19)34-20-16(29)14(27)13(26)9(4-24)32-20/h1-3,9-10,13-20,23-30H,4-5H2. The SMILES string of the molecule is OCC1OC(OC2C(CO)OC(Oc3c[nH]c4ccc(Br)c(Cl)c34)C(O)C2O)C(O)C(O)C1O. The molecule has 0 spiro atoms. The van der Waals surface area contributed by atoms with E-state index in [1.54, 1.807) is 12.1 Å². The molecule has 10 atom stereocenters. The van der Waals surface area contributed by atoms with Crippen LogP contribution in [0.4, 0.5) is 0 Å². The maximum Gasteiger partial charge on any atom is 0.229 e. The second-order valence-electron chi connectivity index (χ2n) is 8.06. The van der Waals surface area contributed by atoms with Crippen LogP contribution in [0.25, 0.3) is 10.9 Å². The van der Waals surface area contributed by atoms with E-state index in [9.17, 15) is 35.7 Å². The molecule has 3 heterocycles. The summed E-state index contributed by atoms with van der Waals surface area (Å²) in [6.07, 6.45) is -13.9. The van der Waals surface area contributed by atoms with E-state index in [-0.39, 0.29) is 5.75 Å². The number of aromatic nitrogens is 1. The van der Waals surface area contributed by atoms with Crippen molar-refractivity contribution in [3.63, 3.8) is 0 Å². The van der Waals surface area contributed by atoms with E-state index in [1.165, 1.54) is 6.20 Å². The summed E-state index contributed by atoms with van der Waals surface area (Å²) < 4.78 is 22.8. The highest BCUT2D eigenvalue weighted by atomic mass is 79.9. The Morgan fingerprint density at radius 2 is 1.53 bits per heavy atom. The third-order valence-electron chi connectivity index (χ3n) is 5.90. The highest BCUT2D eigenvalue weighted by molar-refractivity contribution is 9.10. The van der Waals surface area contributed by atoms with Gasteiger partial charge in [0.25, 0.3) is 0 Å². The first kappa shape index (κ1) is 26.0. The number of aromatic amines is 1. The summed E-state index contributed by atoms with van der Waals surface area (Å²) in [5, 5.41) is 71.5. The maximum atomic E-state index is 10.7. The van der Waals surface area contributed by atoms with Gasteiger partial charge in [0.1, 0.15) is 54.6 Å². The largest absolute Gasteiger partial charge is 0.460 e. The van der Waals surface area contributed by atoms with Crippen molar-refractivity contribution in [3.8, 4) is 5.75 Å². The summed E-state index contributed by atoms with van der Waals surface area (Å²) in [6, 6.07) is 3.50. The number of rotatable bonds is 6. The molecule has 0 aliphatic carbocycles. The van der Waals surface area contributed by atoms with Crippen molar-refractivity contribution in [3.05, 3.63) is 27.8 Å². The Morgan fingerprint density at radius 3 is 2.21 bits per heavy atom. The number of H-pyrrole nitrogens is 1. The maximum absolute atomic E-state index is 10.7. The van der Waals surface area contributed by atoms with Crippen molar-refractivity contribution in [1.82, 2.24) is 4.98 Å². The lowest BCUT2D eigenvalue weighted by atomic mass is 9.97. The van der Waals surface area contributed by atoms with Crippen molar-refractivity contribution in [2.75, 3.05) is 13.2 Å². The van der Waals surface area contributed by atoms with Gasteiger partial charge in [-0.05, 0) is 28.1 Å². The molecule has 2 saturated heterocycles. The van der Waals surface area contributed by atoms with Gasteiger partial charge in [-0.2, -0.15) is 0 Å². The molecular formula is C20H25BrClNO11. The summed E-state index contributed by atoms with van der Waals surface area (Å²) in [6.45, 7) is -1.36. The zero-order chi connectivity index (χ0) is 24.7. The van der Waals surface area contributed by atoms with Crippen molar-refractivity contribution in [2.45, 2.75) is 61.4 Å². The average molecular weight is 571 g/mol. The molecule has 14 heteroatoms. The van der Waals surface area contributed by atoms with E-state index in [0.29, 0.717) is 20.4 Å². The van der Waals surface area contributed by atoms with Gasteiger partial charge in [0.15, 0.2) is 6.29 Å². The molecule has 0 saturated carbocycles. The van der Waals surface area contributed by atoms with Gasteiger partial charge >= 0.3 is 0 Å². The zero-order valence-corrected chi connectivity index (χ0v) is 19.8. The molecule has 0 bridgehead atoms. The van der Waals surface area contributed by atoms with Gasteiger partial charge in [-0.25, -0.2) is 0 Å². The molecule has 8 N–H and O–H groups in total. The summed E-state index contributed by atoms with van der Waals surface area (Å²) in [4.78, 5) is 2.97. The van der Waals surface area contributed by atoms with Crippen LogP contribution in [0, 0.1) is 0 Å². The molecule has 10 unspecified atom stereocenters. The van der Waals surface area contributed by atoms with E-state index < -0.39 is 74.6 Å². The third kappa shape index (κ3) is 4.68. The molecule has 12 nitrogen and oxygen atoms in total. The highest BCUT2D eigenvalue weighted by Crippen LogP contribution is 2.38. The van der Waals surface area contributed by atoms with E-state index in [4.69, 9.17) is 30.5 Å². The molecule has 0 radical (unpaired) electrons. The number of benzene rings is 1. The summed E-state index contributed by atoms with van der Waals surface area (Å²) in [7, 11) is 0. The first-order valence-corrected chi connectivity index (χ1v) is 11.5. The first-order valence-electron chi connectivity index (χ1n) is 10.4. The molecule has 0 amide bonds. The monoisotopic (exact) mass is 569 g/mol. The number of aliphatic hydroxyl groups excluding tert-OH is 7. The number of fused-ring (bicyclic) bond motifs is 1. The number of ether oxygens (including phenoxy) is 4. The number of halogens is 2. The van der Waals surface area contributed by atoms with Gasteiger partial charge in [0.05, 0.1) is 29.1 Å². The molecular weight excluding hydrogens is 546 g/mol. The van der Waals surface area contributed by atoms with Gasteiger partial charge in [0, 0.05) is 10.7 Å². The van der Waals surface area contributed by atoms with Crippen molar-refractivity contribution in [2.24, 2.45) is 0 Å². The fourth-order valence-corrected chi connectivity index (χ4v) is 4.59. The molecule has 2 aliphatic heterocycles. The van der Waals surface area contributed by atoms with Crippen LogP contribution < -0.4 is 4.74 Å². The second-order valence-corrected chi connectivity index (χ2v) is 9.29. The molecule has 2 aliphatic rings. The van der Waals surface area contributed by atoms with Crippen LogP contribution in [-0.2, 0) is 14.2 Å². The minimum atomic E-state index is -1.75. The lowest BCUT2D eigenvalue weighted by Crippen LogP contribution is -2.65. The molecule has 34 heavy (non-hydrogen) atoms. The minimum absolute atomic E-state index is 0.225. The molecule has 1 aromatic heterocycles. The molecule has 2 aromatic rings. The normalized spacial score (nSPS) is 38.9. The van der Waals surface area contributed by atoms with Crippen LogP contribution in [0.5, 0.6) is 5.75 Å². The Hall–Kier alpha value is -1.07. The van der Waals surface area contributed by atoms with Gasteiger partial charge in [-0.3, -0.25) is 0 Å². The number of hydrogen-bond acceptors (Lipinski definition) is 11. The van der Waals surface area contributed by atoms with Crippen molar-refractivity contribution < 1.29 is 54.7 Å². The summed E-state index contributed by atoms with van der Waals surface area (Å²) in [5.74, 6) is 0.225. The zero-order valence-electron chi connectivity index (χ0n) is 17.4. The van der Waals surface area contributed by atoms with Gasteiger partial charge in [0.2, 0.25) is 6.29 Å². The van der Waals surface area contributed by atoms with E-state index in [1.807, 2.05) is 0 Å². The van der Waals surface area contributed by atoms with Crippen LogP contribution in [0.15, 0.2) is 22.8 Å². The number of aliphatic hydroxyl groups is 7. The Kier molecular flexibility index (Phi) is 8.03. The van der Waals surface area contributed by atoms with Gasteiger partial charge in [-0.15, -0.1) is 0 Å². The number of nitrogens with one attached hydrogen (secondary N) is 1. The fourth-order valence-electron chi connectivity index (χ4n) is 4.00. The lowest BCUT2D eigenvalue weighted by Gasteiger charge is -2.45. The minimum Gasteiger partial charge on any atom is -0.460 e. The van der Waals surface area contributed by atoms with Gasteiger partial charge < -0.3 is 59.7 Å². The molecule has 2 fully saturated rings. The van der Waals surface area contributed by atoms with Crippen LogP contribution in [-0.4, -0.2) is 115 Å². The highest BCUT2D eigenvalue weighted by Gasteiger charge is 2.51. The predicted molar refractivity (Wildman–Crippen MR) is 118 cm³/mol. The van der Waals surface area contributed by atoms with Crippen molar-refractivity contribution >= 4 is 38.4 Å². The topological polar surface area (TPSA) is 194 Å². The Balaban J connectivity index is 1.52. The van der Waals surface area contributed by atoms with Crippen LogP contribution >= 0.6 is 27.5 Å². The average Bonchev–Trinajstić information content (AvgIpc) is 3.24. The third-order valence-corrected chi connectivity index (χ3v) is 7.19. The lowest BCUT2D eigenvalue weighted by molar-refractivity contribution is -0.352. The van der Waals surface area contributed by atoms with Crippen LogP contribution in [0.3, 0.4) is 0 Å². The predicted octanol–water partition coefficient (Wildman–Crippen LogP) is -1.41. The molecule has 1 aromatic carbocycles. The van der Waals surface area contributed by atoms with Crippen LogP contribution in [0.1, 0.15) is 0 Å². The summed E-state index contributed by atoms with van der Waals surface area (Å²) in [5.41, 5.74) is 0.650.